The maximum absolute atomic E-state index is 5.50. The summed E-state index contributed by atoms with van der Waals surface area (Å²) in [5.74, 6) is 3.84. The highest BCUT2D eigenvalue weighted by atomic mass is 16.5. The van der Waals surface area contributed by atoms with Crippen LogP contribution >= 0.6 is 0 Å². The van der Waals surface area contributed by atoms with Crippen LogP contribution in [0.4, 0.5) is 0 Å². The monoisotopic (exact) mass is 344 g/mol. The smallest absolute Gasteiger partial charge is 0.240 e. The van der Waals surface area contributed by atoms with E-state index in [-0.39, 0.29) is 0 Å². The molecule has 7 nitrogen and oxygen atoms in total. The number of nitrogens with zero attached hydrogens (tertiary/aromatic N) is 6. The second-order valence-electron chi connectivity index (χ2n) is 7.77. The number of likely N-dealkylation sites (tertiary alicyclic amines) is 1. The van der Waals surface area contributed by atoms with E-state index in [2.05, 4.69) is 43.7 Å². The Balaban J connectivity index is 1.32. The Morgan fingerprint density at radius 2 is 1.88 bits per heavy atom. The molecule has 2 aliphatic rings. The highest BCUT2D eigenvalue weighted by molar-refractivity contribution is 5.01. The third kappa shape index (κ3) is 3.61. The molecule has 2 aromatic heterocycles. The van der Waals surface area contributed by atoms with Gasteiger partial charge in [0, 0.05) is 17.9 Å². The Morgan fingerprint density at radius 3 is 2.60 bits per heavy atom. The molecule has 1 saturated heterocycles. The molecule has 0 atom stereocenters. The molecule has 136 valence electrons. The van der Waals surface area contributed by atoms with Crippen molar-refractivity contribution in [3.05, 3.63) is 23.9 Å². The van der Waals surface area contributed by atoms with Crippen molar-refractivity contribution in [2.24, 2.45) is 0 Å². The Labute approximate surface area is 148 Å². The average molecular weight is 344 g/mol. The molecule has 3 heterocycles. The lowest BCUT2D eigenvalue weighted by Gasteiger charge is -2.30. The van der Waals surface area contributed by atoms with Crippen LogP contribution in [0.5, 0.6) is 0 Å². The first-order valence-electron chi connectivity index (χ1n) is 9.65. The second kappa shape index (κ2) is 7.23. The zero-order valence-electron chi connectivity index (χ0n) is 15.3. The van der Waals surface area contributed by atoms with Gasteiger partial charge in [-0.2, -0.15) is 4.98 Å². The Kier molecular flexibility index (Phi) is 4.83. The molecular weight excluding hydrogens is 316 g/mol. The molecule has 0 N–H and O–H groups in total. The molecule has 4 rings (SSSR count). The maximum Gasteiger partial charge on any atom is 0.240 e. The van der Waals surface area contributed by atoms with E-state index in [1.807, 2.05) is 6.33 Å². The lowest BCUT2D eigenvalue weighted by Crippen LogP contribution is -2.33. The normalized spacial score (nSPS) is 20.8. The summed E-state index contributed by atoms with van der Waals surface area (Å²) >= 11 is 0. The third-order valence-corrected chi connectivity index (χ3v) is 5.67. The maximum atomic E-state index is 5.50. The van der Waals surface area contributed by atoms with Gasteiger partial charge < -0.3 is 9.09 Å². The van der Waals surface area contributed by atoms with E-state index in [1.165, 1.54) is 25.7 Å². The van der Waals surface area contributed by atoms with Crippen LogP contribution in [0.25, 0.3) is 0 Å². The standard InChI is InChI=1S/C18H28N6O/c1-13(2)24-12-19-21-18(24)15-7-9-23(10-8-15)11-16-20-17(22-25-16)14-5-3-4-6-14/h12-15H,3-11H2,1-2H3. The quantitative estimate of drug-likeness (QED) is 0.829. The highest BCUT2D eigenvalue weighted by Gasteiger charge is 2.27. The van der Waals surface area contributed by atoms with Crippen LogP contribution in [0.2, 0.25) is 0 Å². The molecule has 2 fully saturated rings. The van der Waals surface area contributed by atoms with Gasteiger partial charge in [0.25, 0.3) is 0 Å². The Morgan fingerprint density at radius 1 is 1.12 bits per heavy atom. The van der Waals surface area contributed by atoms with Gasteiger partial charge in [-0.25, -0.2) is 0 Å². The number of piperidine rings is 1. The van der Waals surface area contributed by atoms with Gasteiger partial charge in [-0.05, 0) is 52.6 Å². The van der Waals surface area contributed by atoms with Gasteiger partial charge in [0.05, 0.1) is 6.54 Å². The molecule has 7 heteroatoms. The van der Waals surface area contributed by atoms with Crippen LogP contribution in [-0.4, -0.2) is 42.9 Å². The van der Waals surface area contributed by atoms with E-state index in [0.717, 1.165) is 50.0 Å². The summed E-state index contributed by atoms with van der Waals surface area (Å²) in [5, 5.41) is 12.7. The summed E-state index contributed by atoms with van der Waals surface area (Å²) in [6.45, 7) is 7.20. The van der Waals surface area contributed by atoms with Gasteiger partial charge in [0.1, 0.15) is 12.2 Å². The van der Waals surface area contributed by atoms with E-state index >= 15 is 0 Å². The Bertz CT molecular complexity index is 679. The minimum absolute atomic E-state index is 0.412. The van der Waals surface area contributed by atoms with E-state index in [0.29, 0.717) is 17.9 Å². The van der Waals surface area contributed by atoms with Gasteiger partial charge in [0.15, 0.2) is 5.82 Å². The average Bonchev–Trinajstić information content (AvgIpc) is 3.36. The molecule has 0 spiro atoms. The fourth-order valence-corrected chi connectivity index (χ4v) is 4.16. The van der Waals surface area contributed by atoms with Crippen molar-refractivity contribution >= 4 is 0 Å². The molecule has 0 unspecified atom stereocenters. The van der Waals surface area contributed by atoms with Gasteiger partial charge >= 0.3 is 0 Å². The highest BCUT2D eigenvalue weighted by Crippen LogP contribution is 2.32. The van der Waals surface area contributed by atoms with Crippen molar-refractivity contribution in [1.29, 1.82) is 0 Å². The summed E-state index contributed by atoms with van der Waals surface area (Å²) in [6.07, 6.45) is 9.08. The van der Waals surface area contributed by atoms with Gasteiger partial charge in [-0.1, -0.05) is 18.0 Å². The zero-order valence-corrected chi connectivity index (χ0v) is 15.3. The second-order valence-corrected chi connectivity index (χ2v) is 7.77. The fourth-order valence-electron chi connectivity index (χ4n) is 4.16. The minimum atomic E-state index is 0.412. The van der Waals surface area contributed by atoms with Crippen LogP contribution in [0, 0.1) is 0 Å². The third-order valence-electron chi connectivity index (χ3n) is 5.67. The summed E-state index contributed by atoms with van der Waals surface area (Å²) < 4.78 is 7.70. The largest absolute Gasteiger partial charge is 0.338 e. The Hall–Kier alpha value is -1.76. The van der Waals surface area contributed by atoms with Crippen LogP contribution in [-0.2, 0) is 6.54 Å². The van der Waals surface area contributed by atoms with Crippen LogP contribution in [0.1, 0.15) is 87.8 Å². The van der Waals surface area contributed by atoms with Crippen molar-refractivity contribution in [2.75, 3.05) is 13.1 Å². The molecular formula is C18H28N6O. The van der Waals surface area contributed by atoms with Crippen molar-refractivity contribution in [3.8, 4) is 0 Å². The first-order valence-corrected chi connectivity index (χ1v) is 9.65. The van der Waals surface area contributed by atoms with Crippen LogP contribution in [0.3, 0.4) is 0 Å². The topological polar surface area (TPSA) is 72.9 Å². The minimum Gasteiger partial charge on any atom is -0.338 e. The fraction of sp³-hybridized carbons (Fsp3) is 0.778. The predicted octanol–water partition coefficient (Wildman–Crippen LogP) is 3.28. The van der Waals surface area contributed by atoms with E-state index in [4.69, 9.17) is 4.52 Å². The van der Waals surface area contributed by atoms with E-state index < -0.39 is 0 Å². The molecule has 0 radical (unpaired) electrons. The lowest BCUT2D eigenvalue weighted by molar-refractivity contribution is 0.177. The molecule has 1 aliphatic carbocycles. The van der Waals surface area contributed by atoms with Gasteiger partial charge in [-0.3, -0.25) is 4.90 Å². The van der Waals surface area contributed by atoms with Crippen molar-refractivity contribution < 1.29 is 4.52 Å². The SMILES string of the molecule is CC(C)n1cnnc1C1CCN(Cc2nc(C3CCCC3)no2)CC1. The van der Waals surface area contributed by atoms with Gasteiger partial charge in [-0.15, -0.1) is 10.2 Å². The van der Waals surface area contributed by atoms with Crippen molar-refractivity contribution in [3.63, 3.8) is 0 Å². The molecule has 2 aromatic rings. The van der Waals surface area contributed by atoms with Crippen molar-refractivity contribution in [2.45, 2.75) is 76.8 Å². The molecule has 1 saturated carbocycles. The summed E-state index contributed by atoms with van der Waals surface area (Å²) in [4.78, 5) is 7.06. The molecule has 25 heavy (non-hydrogen) atoms. The summed E-state index contributed by atoms with van der Waals surface area (Å²) in [7, 11) is 0. The van der Waals surface area contributed by atoms with E-state index in [9.17, 15) is 0 Å². The van der Waals surface area contributed by atoms with Gasteiger partial charge in [0.2, 0.25) is 5.89 Å². The molecule has 0 bridgehead atoms. The lowest BCUT2D eigenvalue weighted by atomic mass is 9.95. The first-order chi connectivity index (χ1) is 12.2. The van der Waals surface area contributed by atoms with Crippen molar-refractivity contribution in [1.82, 2.24) is 29.8 Å². The summed E-state index contributed by atoms with van der Waals surface area (Å²) in [5.41, 5.74) is 0. The zero-order chi connectivity index (χ0) is 17.2. The number of hydrogen-bond donors (Lipinski definition) is 0. The summed E-state index contributed by atoms with van der Waals surface area (Å²) in [6, 6.07) is 0.412. The van der Waals surface area contributed by atoms with Crippen LogP contribution in [0.15, 0.2) is 10.9 Å². The number of hydrogen-bond acceptors (Lipinski definition) is 6. The molecule has 0 amide bonds. The number of rotatable bonds is 5. The van der Waals surface area contributed by atoms with E-state index in [1.54, 1.807) is 0 Å². The molecule has 0 aromatic carbocycles. The first kappa shape index (κ1) is 16.7. The predicted molar refractivity (Wildman–Crippen MR) is 93.2 cm³/mol. The number of aromatic nitrogens is 5. The molecule has 1 aliphatic heterocycles. The van der Waals surface area contributed by atoms with Crippen LogP contribution < -0.4 is 0 Å².